The Labute approximate surface area is 104 Å². The van der Waals surface area contributed by atoms with Crippen molar-refractivity contribution in [2.45, 2.75) is 40.2 Å². The first-order valence-electron chi connectivity index (χ1n) is 6.13. The standard InChI is InChI=1S/C14H22ClN/c1-4-12(5-2)9-16-10-13-6-7-14(15)8-11(13)3/h6-8,12,16H,4-5,9-10H2,1-3H3. The van der Waals surface area contributed by atoms with Crippen LogP contribution in [0, 0.1) is 12.8 Å². The minimum atomic E-state index is 0.799. The molecule has 0 unspecified atom stereocenters. The Balaban J connectivity index is 2.42. The number of benzene rings is 1. The average Bonchev–Trinajstić information content (AvgIpc) is 2.27. The van der Waals surface area contributed by atoms with Gasteiger partial charge in [0.05, 0.1) is 0 Å². The van der Waals surface area contributed by atoms with Gasteiger partial charge in [0.25, 0.3) is 0 Å². The minimum absolute atomic E-state index is 0.799. The van der Waals surface area contributed by atoms with Crippen LogP contribution in [0.4, 0.5) is 0 Å². The van der Waals surface area contributed by atoms with E-state index in [1.165, 1.54) is 24.0 Å². The van der Waals surface area contributed by atoms with Crippen LogP contribution >= 0.6 is 11.6 Å². The lowest BCUT2D eigenvalue weighted by molar-refractivity contribution is 0.449. The number of hydrogen-bond donors (Lipinski definition) is 1. The Morgan fingerprint density at radius 3 is 2.50 bits per heavy atom. The molecule has 0 amide bonds. The third kappa shape index (κ3) is 4.15. The largest absolute Gasteiger partial charge is 0.312 e. The van der Waals surface area contributed by atoms with Gasteiger partial charge in [-0.05, 0) is 42.6 Å². The van der Waals surface area contributed by atoms with Gasteiger partial charge in [-0.2, -0.15) is 0 Å². The quantitative estimate of drug-likeness (QED) is 0.786. The first-order chi connectivity index (χ1) is 7.67. The fourth-order valence-corrected chi connectivity index (χ4v) is 2.07. The van der Waals surface area contributed by atoms with Crippen LogP contribution in [0.3, 0.4) is 0 Å². The molecule has 0 fully saturated rings. The van der Waals surface area contributed by atoms with E-state index in [-0.39, 0.29) is 0 Å². The fourth-order valence-electron chi connectivity index (χ4n) is 1.85. The van der Waals surface area contributed by atoms with Crippen LogP contribution in [0.25, 0.3) is 0 Å². The summed E-state index contributed by atoms with van der Waals surface area (Å²) in [5.41, 5.74) is 2.61. The summed E-state index contributed by atoms with van der Waals surface area (Å²) < 4.78 is 0. The van der Waals surface area contributed by atoms with Gasteiger partial charge in [-0.15, -0.1) is 0 Å². The summed E-state index contributed by atoms with van der Waals surface area (Å²) in [4.78, 5) is 0. The first kappa shape index (κ1) is 13.5. The molecule has 0 aliphatic carbocycles. The molecule has 0 spiro atoms. The molecule has 90 valence electrons. The van der Waals surface area contributed by atoms with Gasteiger partial charge in [0, 0.05) is 11.6 Å². The number of hydrogen-bond acceptors (Lipinski definition) is 1. The highest BCUT2D eigenvalue weighted by Crippen LogP contribution is 2.15. The van der Waals surface area contributed by atoms with Gasteiger partial charge in [0.2, 0.25) is 0 Å². The van der Waals surface area contributed by atoms with Gasteiger partial charge < -0.3 is 5.32 Å². The molecular weight excluding hydrogens is 218 g/mol. The molecular formula is C14H22ClN. The monoisotopic (exact) mass is 239 g/mol. The molecule has 0 aliphatic heterocycles. The normalized spacial score (nSPS) is 11.1. The molecule has 0 heterocycles. The lowest BCUT2D eigenvalue weighted by Crippen LogP contribution is -2.22. The van der Waals surface area contributed by atoms with Gasteiger partial charge in [0.15, 0.2) is 0 Å². The van der Waals surface area contributed by atoms with Crippen LogP contribution in [-0.4, -0.2) is 6.54 Å². The second kappa shape index (κ2) is 6.93. The van der Waals surface area contributed by atoms with Gasteiger partial charge in [0.1, 0.15) is 0 Å². The summed E-state index contributed by atoms with van der Waals surface area (Å²) in [6.07, 6.45) is 2.51. The zero-order valence-electron chi connectivity index (χ0n) is 10.5. The molecule has 1 N–H and O–H groups in total. The van der Waals surface area contributed by atoms with Crippen molar-refractivity contribution in [2.75, 3.05) is 6.54 Å². The van der Waals surface area contributed by atoms with E-state index in [4.69, 9.17) is 11.6 Å². The van der Waals surface area contributed by atoms with Crippen molar-refractivity contribution >= 4 is 11.6 Å². The van der Waals surface area contributed by atoms with Crippen molar-refractivity contribution in [3.8, 4) is 0 Å². The summed E-state index contributed by atoms with van der Waals surface area (Å²) in [6, 6.07) is 6.09. The lowest BCUT2D eigenvalue weighted by Gasteiger charge is -2.14. The molecule has 16 heavy (non-hydrogen) atoms. The van der Waals surface area contributed by atoms with E-state index in [0.29, 0.717) is 0 Å². The number of halogens is 1. The SMILES string of the molecule is CCC(CC)CNCc1ccc(Cl)cc1C. The lowest BCUT2D eigenvalue weighted by atomic mass is 10.0. The van der Waals surface area contributed by atoms with Crippen molar-refractivity contribution in [3.05, 3.63) is 34.3 Å². The van der Waals surface area contributed by atoms with E-state index in [9.17, 15) is 0 Å². The minimum Gasteiger partial charge on any atom is -0.312 e. The van der Waals surface area contributed by atoms with Gasteiger partial charge in [-0.25, -0.2) is 0 Å². The zero-order chi connectivity index (χ0) is 12.0. The topological polar surface area (TPSA) is 12.0 Å². The summed E-state index contributed by atoms with van der Waals surface area (Å²) in [6.45, 7) is 8.67. The van der Waals surface area contributed by atoms with Crippen LogP contribution in [0.2, 0.25) is 5.02 Å². The van der Waals surface area contributed by atoms with E-state index in [0.717, 1.165) is 24.0 Å². The van der Waals surface area contributed by atoms with Gasteiger partial charge in [-0.3, -0.25) is 0 Å². The third-order valence-corrected chi connectivity index (χ3v) is 3.44. The molecule has 0 aliphatic rings. The summed E-state index contributed by atoms with van der Waals surface area (Å²) in [7, 11) is 0. The van der Waals surface area contributed by atoms with E-state index in [1.54, 1.807) is 0 Å². The molecule has 1 aromatic rings. The summed E-state index contributed by atoms with van der Waals surface area (Å²) in [5, 5.41) is 4.34. The van der Waals surface area contributed by atoms with E-state index in [2.05, 4.69) is 32.2 Å². The maximum atomic E-state index is 5.93. The number of rotatable bonds is 6. The van der Waals surface area contributed by atoms with Crippen LogP contribution in [-0.2, 0) is 6.54 Å². The highest BCUT2D eigenvalue weighted by atomic mass is 35.5. The van der Waals surface area contributed by atoms with Crippen molar-refractivity contribution in [1.82, 2.24) is 5.32 Å². The third-order valence-electron chi connectivity index (χ3n) is 3.21. The van der Waals surface area contributed by atoms with E-state index < -0.39 is 0 Å². The predicted octanol–water partition coefficient (Wildman–Crippen LogP) is 4.17. The molecule has 0 saturated carbocycles. The maximum absolute atomic E-state index is 5.93. The number of aryl methyl sites for hydroxylation is 1. The van der Waals surface area contributed by atoms with Crippen molar-refractivity contribution in [2.24, 2.45) is 5.92 Å². The molecule has 2 heteroatoms. The molecule has 0 bridgehead atoms. The molecule has 1 rings (SSSR count). The Morgan fingerprint density at radius 2 is 1.94 bits per heavy atom. The predicted molar refractivity (Wildman–Crippen MR) is 72.0 cm³/mol. The molecule has 0 aromatic heterocycles. The zero-order valence-corrected chi connectivity index (χ0v) is 11.3. The Morgan fingerprint density at radius 1 is 1.25 bits per heavy atom. The molecule has 0 radical (unpaired) electrons. The van der Waals surface area contributed by atoms with Crippen LogP contribution < -0.4 is 5.32 Å². The van der Waals surface area contributed by atoms with Crippen molar-refractivity contribution in [3.63, 3.8) is 0 Å². The summed E-state index contributed by atoms with van der Waals surface area (Å²) in [5.74, 6) is 0.799. The molecule has 0 saturated heterocycles. The molecule has 1 nitrogen and oxygen atoms in total. The van der Waals surface area contributed by atoms with Gasteiger partial charge >= 0.3 is 0 Å². The molecule has 0 atom stereocenters. The average molecular weight is 240 g/mol. The highest BCUT2D eigenvalue weighted by molar-refractivity contribution is 6.30. The second-order valence-electron chi connectivity index (χ2n) is 4.38. The fraction of sp³-hybridized carbons (Fsp3) is 0.571. The smallest absolute Gasteiger partial charge is 0.0408 e. The van der Waals surface area contributed by atoms with Crippen molar-refractivity contribution in [1.29, 1.82) is 0 Å². The van der Waals surface area contributed by atoms with Crippen molar-refractivity contribution < 1.29 is 0 Å². The van der Waals surface area contributed by atoms with E-state index >= 15 is 0 Å². The number of nitrogens with one attached hydrogen (secondary N) is 1. The molecule has 1 aromatic carbocycles. The van der Waals surface area contributed by atoms with E-state index in [1.807, 2.05) is 12.1 Å². The Bertz CT molecular complexity index is 319. The maximum Gasteiger partial charge on any atom is 0.0408 e. The van der Waals surface area contributed by atoms with Crippen LogP contribution in [0.1, 0.15) is 37.8 Å². The second-order valence-corrected chi connectivity index (χ2v) is 4.82. The van der Waals surface area contributed by atoms with Gasteiger partial charge in [-0.1, -0.05) is 44.4 Å². The van der Waals surface area contributed by atoms with Crippen LogP contribution in [0.15, 0.2) is 18.2 Å². The Kier molecular flexibility index (Phi) is 5.86. The summed E-state index contributed by atoms with van der Waals surface area (Å²) >= 11 is 5.93. The highest BCUT2D eigenvalue weighted by Gasteiger charge is 2.03. The Hall–Kier alpha value is -0.530. The first-order valence-corrected chi connectivity index (χ1v) is 6.50. The van der Waals surface area contributed by atoms with Crippen LogP contribution in [0.5, 0.6) is 0 Å².